The molecule has 1 aliphatic heterocycles. The highest BCUT2D eigenvalue weighted by atomic mass is 32.2. The molecule has 110 valence electrons. The molecule has 0 radical (unpaired) electrons. The number of aryl methyl sites for hydroxylation is 1. The summed E-state index contributed by atoms with van der Waals surface area (Å²) in [6.45, 7) is 1.71. The van der Waals surface area contributed by atoms with Gasteiger partial charge in [0.05, 0.1) is 5.69 Å². The van der Waals surface area contributed by atoms with Crippen molar-refractivity contribution in [1.82, 2.24) is 20.2 Å². The van der Waals surface area contributed by atoms with E-state index in [1.54, 1.807) is 11.8 Å². The van der Waals surface area contributed by atoms with E-state index >= 15 is 0 Å². The summed E-state index contributed by atoms with van der Waals surface area (Å²) in [6, 6.07) is 0.342. The number of nitrogens with one attached hydrogen (secondary N) is 2. The lowest BCUT2D eigenvalue weighted by atomic mass is 9.96. The Kier molecular flexibility index (Phi) is 4.50. The molecular formula is C14H22N4OS. The molecule has 0 aromatic carbocycles. The normalized spacial score (nSPS) is 18.8. The molecular weight excluding hydrogens is 272 g/mol. The molecule has 1 aromatic heterocycles. The molecule has 0 bridgehead atoms. The van der Waals surface area contributed by atoms with E-state index in [1.807, 2.05) is 0 Å². The van der Waals surface area contributed by atoms with Crippen molar-refractivity contribution in [3.63, 3.8) is 0 Å². The second kappa shape index (κ2) is 6.52. The van der Waals surface area contributed by atoms with Gasteiger partial charge in [-0.25, -0.2) is 9.78 Å². The van der Waals surface area contributed by atoms with Gasteiger partial charge in [0.1, 0.15) is 0 Å². The van der Waals surface area contributed by atoms with Crippen LogP contribution in [0.25, 0.3) is 0 Å². The van der Waals surface area contributed by atoms with Crippen LogP contribution in [0.4, 0.5) is 4.79 Å². The van der Waals surface area contributed by atoms with Gasteiger partial charge in [0, 0.05) is 37.5 Å². The predicted molar refractivity (Wildman–Crippen MR) is 80.1 cm³/mol. The molecule has 0 spiro atoms. The molecule has 1 aliphatic carbocycles. The van der Waals surface area contributed by atoms with Crippen molar-refractivity contribution in [3.8, 4) is 0 Å². The third-order valence-electron chi connectivity index (χ3n) is 3.96. The predicted octanol–water partition coefficient (Wildman–Crippen LogP) is 2.16. The summed E-state index contributed by atoms with van der Waals surface area (Å²) in [5.41, 5.74) is 1.07. The van der Waals surface area contributed by atoms with Crippen molar-refractivity contribution in [2.24, 2.45) is 0 Å². The van der Waals surface area contributed by atoms with Gasteiger partial charge in [0.2, 0.25) is 0 Å². The third kappa shape index (κ3) is 3.48. The Morgan fingerprint density at radius 2 is 2.25 bits per heavy atom. The molecule has 1 aromatic rings. The van der Waals surface area contributed by atoms with Crippen molar-refractivity contribution in [1.29, 1.82) is 0 Å². The largest absolute Gasteiger partial charge is 0.338 e. The van der Waals surface area contributed by atoms with Gasteiger partial charge in [-0.15, -0.1) is 0 Å². The van der Waals surface area contributed by atoms with Gasteiger partial charge >= 0.3 is 6.03 Å². The summed E-state index contributed by atoms with van der Waals surface area (Å²) in [5, 5.41) is 7.12. The average molecular weight is 294 g/mol. The summed E-state index contributed by atoms with van der Waals surface area (Å²) >= 11 is 1.80. The van der Waals surface area contributed by atoms with Gasteiger partial charge < -0.3 is 15.2 Å². The lowest BCUT2D eigenvalue weighted by molar-refractivity contribution is 0.233. The fourth-order valence-corrected chi connectivity index (χ4v) is 3.83. The molecule has 0 unspecified atom stereocenters. The van der Waals surface area contributed by atoms with Crippen LogP contribution in [0.5, 0.6) is 0 Å². The molecule has 0 saturated heterocycles. The monoisotopic (exact) mass is 294 g/mol. The molecule has 0 atom stereocenters. The molecule has 6 heteroatoms. The minimum Gasteiger partial charge on any atom is -0.338 e. The maximum atomic E-state index is 11.8. The Morgan fingerprint density at radius 1 is 1.40 bits per heavy atom. The van der Waals surface area contributed by atoms with Crippen LogP contribution >= 0.6 is 11.8 Å². The van der Waals surface area contributed by atoms with Crippen molar-refractivity contribution >= 4 is 17.8 Å². The smallest absolute Gasteiger partial charge is 0.315 e. The highest BCUT2D eigenvalue weighted by molar-refractivity contribution is 7.99. The fraction of sp³-hybridized carbons (Fsp3) is 0.714. The van der Waals surface area contributed by atoms with Gasteiger partial charge in [-0.3, -0.25) is 0 Å². The van der Waals surface area contributed by atoms with Crippen LogP contribution in [0.1, 0.15) is 37.8 Å². The summed E-state index contributed by atoms with van der Waals surface area (Å²) < 4.78 is 2.20. The molecule has 5 nitrogen and oxygen atoms in total. The minimum atomic E-state index is -0.0296. The van der Waals surface area contributed by atoms with E-state index < -0.39 is 0 Å². The van der Waals surface area contributed by atoms with Crippen LogP contribution in [-0.2, 0) is 13.0 Å². The number of urea groups is 1. The SMILES string of the molecule is O=C(NCCc1cn2c(n1)SCC2)NC1CCCCC1. The first-order chi connectivity index (χ1) is 9.81. The Morgan fingerprint density at radius 3 is 3.05 bits per heavy atom. The number of thioether (sulfide) groups is 1. The average Bonchev–Trinajstić information content (AvgIpc) is 3.01. The molecule has 2 N–H and O–H groups in total. The van der Waals surface area contributed by atoms with E-state index in [1.165, 1.54) is 19.3 Å². The molecule has 2 amide bonds. The molecule has 20 heavy (non-hydrogen) atoms. The first-order valence-corrected chi connectivity index (χ1v) is 8.53. The van der Waals surface area contributed by atoms with E-state index in [4.69, 9.17) is 0 Å². The Labute approximate surface area is 123 Å². The van der Waals surface area contributed by atoms with Crippen molar-refractivity contribution in [2.75, 3.05) is 12.3 Å². The van der Waals surface area contributed by atoms with Gasteiger partial charge in [0.15, 0.2) is 5.16 Å². The van der Waals surface area contributed by atoms with E-state index in [-0.39, 0.29) is 6.03 Å². The quantitative estimate of drug-likeness (QED) is 0.894. The second-order valence-electron chi connectivity index (χ2n) is 5.54. The number of aromatic nitrogens is 2. The summed E-state index contributed by atoms with van der Waals surface area (Å²) in [7, 11) is 0. The van der Waals surface area contributed by atoms with Crippen LogP contribution < -0.4 is 10.6 Å². The Hall–Kier alpha value is -1.17. The highest BCUT2D eigenvalue weighted by Gasteiger charge is 2.16. The van der Waals surface area contributed by atoms with Gasteiger partial charge in [0.25, 0.3) is 0 Å². The zero-order valence-electron chi connectivity index (χ0n) is 11.7. The maximum absolute atomic E-state index is 11.8. The second-order valence-corrected chi connectivity index (χ2v) is 6.60. The summed E-state index contributed by atoms with van der Waals surface area (Å²) in [6.07, 6.45) is 8.94. The van der Waals surface area contributed by atoms with E-state index in [0.717, 1.165) is 42.4 Å². The zero-order valence-corrected chi connectivity index (χ0v) is 12.5. The first-order valence-electron chi connectivity index (χ1n) is 7.54. The lowest BCUT2D eigenvalue weighted by Crippen LogP contribution is -2.43. The third-order valence-corrected chi connectivity index (χ3v) is 4.93. The highest BCUT2D eigenvalue weighted by Crippen LogP contribution is 2.24. The number of rotatable bonds is 4. The molecule has 1 saturated carbocycles. The number of fused-ring (bicyclic) bond motifs is 1. The van der Waals surface area contributed by atoms with Crippen molar-refractivity contribution < 1.29 is 4.79 Å². The first kappa shape index (κ1) is 13.8. The number of carbonyl (C=O) groups is 1. The van der Waals surface area contributed by atoms with E-state index in [2.05, 4.69) is 26.4 Å². The summed E-state index contributed by atoms with van der Waals surface area (Å²) in [4.78, 5) is 16.3. The lowest BCUT2D eigenvalue weighted by Gasteiger charge is -2.22. The Balaban J connectivity index is 1.37. The number of imidazole rings is 1. The fourth-order valence-electron chi connectivity index (χ4n) is 2.87. The topological polar surface area (TPSA) is 59.0 Å². The van der Waals surface area contributed by atoms with Crippen LogP contribution in [0, 0.1) is 0 Å². The van der Waals surface area contributed by atoms with Crippen LogP contribution in [0.2, 0.25) is 0 Å². The van der Waals surface area contributed by atoms with Crippen molar-refractivity contribution in [2.45, 2.75) is 56.3 Å². The van der Waals surface area contributed by atoms with Gasteiger partial charge in [-0.1, -0.05) is 31.0 Å². The van der Waals surface area contributed by atoms with Crippen LogP contribution in [-0.4, -0.2) is 33.9 Å². The zero-order chi connectivity index (χ0) is 13.8. The number of nitrogens with zero attached hydrogens (tertiary/aromatic N) is 2. The Bertz CT molecular complexity index is 446. The standard InChI is InChI=1S/C14H22N4OS/c19-13(16-11-4-2-1-3-5-11)15-7-6-12-10-18-8-9-20-14(18)17-12/h10-11H,1-9H2,(H2,15,16,19). The molecule has 2 aliphatic rings. The number of amides is 2. The van der Waals surface area contributed by atoms with Gasteiger partial charge in [-0.2, -0.15) is 0 Å². The van der Waals surface area contributed by atoms with Crippen LogP contribution in [0.3, 0.4) is 0 Å². The summed E-state index contributed by atoms with van der Waals surface area (Å²) in [5.74, 6) is 1.13. The molecule has 3 rings (SSSR count). The maximum Gasteiger partial charge on any atom is 0.315 e. The van der Waals surface area contributed by atoms with E-state index in [0.29, 0.717) is 12.6 Å². The number of hydrogen-bond acceptors (Lipinski definition) is 3. The molecule has 1 fully saturated rings. The molecule has 2 heterocycles. The number of carbonyl (C=O) groups excluding carboxylic acids is 1. The van der Waals surface area contributed by atoms with Crippen molar-refractivity contribution in [3.05, 3.63) is 11.9 Å². The minimum absolute atomic E-state index is 0.0296. The van der Waals surface area contributed by atoms with Gasteiger partial charge in [-0.05, 0) is 12.8 Å². The number of hydrogen-bond donors (Lipinski definition) is 2. The van der Waals surface area contributed by atoms with Crippen LogP contribution in [0.15, 0.2) is 11.4 Å². The van der Waals surface area contributed by atoms with E-state index in [9.17, 15) is 4.79 Å².